The average molecular weight is 461 g/mol. The van der Waals surface area contributed by atoms with Crippen LogP contribution >= 0.6 is 24.0 Å². The molecule has 0 atom stereocenters. The van der Waals surface area contributed by atoms with E-state index in [0.717, 1.165) is 52.2 Å². The number of hydrogen-bond donors (Lipinski definition) is 0. The van der Waals surface area contributed by atoms with E-state index in [4.69, 9.17) is 9.73 Å². The van der Waals surface area contributed by atoms with Gasteiger partial charge in [-0.3, -0.25) is 9.89 Å². The van der Waals surface area contributed by atoms with E-state index in [0.29, 0.717) is 5.41 Å². The summed E-state index contributed by atoms with van der Waals surface area (Å²) in [7, 11) is 0. The lowest BCUT2D eigenvalue weighted by atomic mass is 9.78. The Labute approximate surface area is 171 Å². The van der Waals surface area contributed by atoms with Crippen LogP contribution < -0.4 is 0 Å². The van der Waals surface area contributed by atoms with E-state index in [-0.39, 0.29) is 24.0 Å². The first kappa shape index (κ1) is 21.2. The van der Waals surface area contributed by atoms with Crippen LogP contribution in [0, 0.1) is 5.41 Å². The van der Waals surface area contributed by atoms with Gasteiger partial charge in [0, 0.05) is 50.7 Å². The van der Waals surface area contributed by atoms with Crippen molar-refractivity contribution in [2.24, 2.45) is 10.4 Å². The van der Waals surface area contributed by atoms with Crippen molar-refractivity contribution >= 4 is 29.7 Å². The summed E-state index contributed by atoms with van der Waals surface area (Å²) in [6.45, 7) is 13.4. The van der Waals surface area contributed by atoms with Crippen LogP contribution in [0.4, 0.5) is 0 Å². The average Bonchev–Trinajstić information content (AvgIpc) is 2.59. The van der Waals surface area contributed by atoms with E-state index in [9.17, 15) is 0 Å². The Morgan fingerprint density at radius 2 is 1.76 bits per heavy atom. The van der Waals surface area contributed by atoms with Crippen LogP contribution in [0.2, 0.25) is 0 Å². The lowest BCUT2D eigenvalue weighted by Gasteiger charge is -2.38. The minimum Gasteiger partial charge on any atom is -0.379 e. The lowest BCUT2D eigenvalue weighted by molar-refractivity contribution is 0.0377. The first-order chi connectivity index (χ1) is 11.6. The molecule has 1 aliphatic carbocycles. The summed E-state index contributed by atoms with van der Waals surface area (Å²) < 4.78 is 5.41. The number of piperidine rings is 1. The van der Waals surface area contributed by atoms with Gasteiger partial charge in [0.1, 0.15) is 0 Å². The molecule has 0 amide bonds. The molecule has 144 valence electrons. The van der Waals surface area contributed by atoms with E-state index >= 15 is 0 Å². The molecule has 0 aromatic rings. The molecule has 0 saturated carbocycles. The molecule has 2 heterocycles. The Balaban J connectivity index is 0.00000225. The van der Waals surface area contributed by atoms with Crippen LogP contribution in [0.5, 0.6) is 0 Å². The molecule has 0 bridgehead atoms. The second kappa shape index (κ2) is 10.3. The Morgan fingerprint density at radius 3 is 2.48 bits per heavy atom. The molecule has 5 heteroatoms. The van der Waals surface area contributed by atoms with E-state index in [2.05, 4.69) is 29.7 Å². The van der Waals surface area contributed by atoms with Gasteiger partial charge in [0.25, 0.3) is 0 Å². The van der Waals surface area contributed by atoms with E-state index in [1.807, 2.05) is 0 Å². The summed E-state index contributed by atoms with van der Waals surface area (Å²) in [5.41, 5.74) is 3.22. The van der Waals surface area contributed by atoms with Gasteiger partial charge in [0.2, 0.25) is 0 Å². The minimum atomic E-state index is 0. The molecule has 2 saturated heterocycles. The van der Waals surface area contributed by atoms with E-state index in [1.165, 1.54) is 50.2 Å². The van der Waals surface area contributed by atoms with Crippen molar-refractivity contribution in [2.75, 3.05) is 52.5 Å². The third-order valence-electron chi connectivity index (χ3n) is 5.47. The molecule has 3 rings (SSSR count). The lowest BCUT2D eigenvalue weighted by Crippen LogP contribution is -2.37. The van der Waals surface area contributed by atoms with Gasteiger partial charge in [-0.2, -0.15) is 0 Å². The van der Waals surface area contributed by atoms with Gasteiger partial charge in [0.15, 0.2) is 0 Å². The SMILES string of the molecule is CC1(C)CC(N2CCCCC2)=CC(=NCCCN2CCOCC2)C1.I. The van der Waals surface area contributed by atoms with Crippen molar-refractivity contribution in [3.8, 4) is 0 Å². The molecular formula is C20H36IN3O. The predicted octanol–water partition coefficient (Wildman–Crippen LogP) is 3.96. The van der Waals surface area contributed by atoms with E-state index < -0.39 is 0 Å². The molecule has 3 aliphatic rings. The fourth-order valence-electron chi connectivity index (χ4n) is 4.17. The number of hydrogen-bond acceptors (Lipinski definition) is 4. The van der Waals surface area contributed by atoms with Crippen molar-refractivity contribution in [3.05, 3.63) is 11.8 Å². The molecular weight excluding hydrogens is 425 g/mol. The van der Waals surface area contributed by atoms with Crippen LogP contribution in [-0.2, 0) is 4.74 Å². The zero-order chi connectivity index (χ0) is 16.8. The van der Waals surface area contributed by atoms with Gasteiger partial charge in [0.05, 0.1) is 13.2 Å². The number of nitrogens with zero attached hydrogens (tertiary/aromatic N) is 3. The molecule has 0 aromatic carbocycles. The maximum Gasteiger partial charge on any atom is 0.0594 e. The number of morpholine rings is 1. The number of rotatable bonds is 5. The highest BCUT2D eigenvalue weighted by Crippen LogP contribution is 2.36. The highest BCUT2D eigenvalue weighted by molar-refractivity contribution is 14.0. The standard InChI is InChI=1S/C20H35N3O.HI/c1-20(2)16-18(15-19(17-20)23-9-4-3-5-10-23)21-7-6-8-22-11-13-24-14-12-22;/h15H,3-14,16-17H2,1-2H3;1H. The third kappa shape index (κ3) is 6.83. The smallest absolute Gasteiger partial charge is 0.0594 e. The Hall–Kier alpha value is -0.140. The number of halogens is 1. The minimum absolute atomic E-state index is 0. The molecule has 0 unspecified atom stereocenters. The van der Waals surface area contributed by atoms with Crippen molar-refractivity contribution < 1.29 is 4.74 Å². The first-order valence-corrected chi connectivity index (χ1v) is 9.91. The molecule has 0 spiro atoms. The van der Waals surface area contributed by atoms with Gasteiger partial charge in [-0.05, 0) is 50.0 Å². The molecule has 2 fully saturated rings. The summed E-state index contributed by atoms with van der Waals surface area (Å²) >= 11 is 0. The summed E-state index contributed by atoms with van der Waals surface area (Å²) in [5, 5.41) is 0. The van der Waals surface area contributed by atoms with Gasteiger partial charge in [-0.1, -0.05) is 13.8 Å². The molecule has 25 heavy (non-hydrogen) atoms. The van der Waals surface area contributed by atoms with Crippen LogP contribution in [0.15, 0.2) is 16.8 Å². The van der Waals surface area contributed by atoms with Crippen molar-refractivity contribution in [1.82, 2.24) is 9.80 Å². The van der Waals surface area contributed by atoms with E-state index in [1.54, 1.807) is 0 Å². The maximum absolute atomic E-state index is 5.41. The Kier molecular flexibility index (Phi) is 8.69. The molecule has 0 radical (unpaired) electrons. The van der Waals surface area contributed by atoms with Crippen molar-refractivity contribution in [3.63, 3.8) is 0 Å². The molecule has 2 aliphatic heterocycles. The highest BCUT2D eigenvalue weighted by atomic mass is 127. The summed E-state index contributed by atoms with van der Waals surface area (Å²) in [4.78, 5) is 10.1. The van der Waals surface area contributed by atoms with Crippen LogP contribution in [0.3, 0.4) is 0 Å². The zero-order valence-corrected chi connectivity index (χ0v) is 18.5. The Morgan fingerprint density at radius 1 is 1.04 bits per heavy atom. The predicted molar refractivity (Wildman–Crippen MR) is 116 cm³/mol. The maximum atomic E-state index is 5.41. The molecule has 0 aromatic heterocycles. The van der Waals surface area contributed by atoms with Gasteiger partial charge in [-0.25, -0.2) is 0 Å². The molecule has 0 N–H and O–H groups in total. The second-order valence-electron chi connectivity index (χ2n) is 8.38. The largest absolute Gasteiger partial charge is 0.379 e. The number of allylic oxidation sites excluding steroid dienone is 2. The number of ether oxygens (including phenoxy) is 1. The van der Waals surface area contributed by atoms with Crippen molar-refractivity contribution in [2.45, 2.75) is 52.4 Å². The van der Waals surface area contributed by atoms with Crippen molar-refractivity contribution in [1.29, 1.82) is 0 Å². The second-order valence-corrected chi connectivity index (χ2v) is 8.38. The normalized spacial score (nSPS) is 26.2. The fraction of sp³-hybridized carbons (Fsp3) is 0.850. The van der Waals surface area contributed by atoms with Crippen LogP contribution in [0.1, 0.15) is 52.4 Å². The number of aliphatic imine (C=N–C) groups is 1. The zero-order valence-electron chi connectivity index (χ0n) is 16.1. The van der Waals surface area contributed by atoms with Crippen LogP contribution in [-0.4, -0.2) is 68.0 Å². The summed E-state index contributed by atoms with van der Waals surface area (Å²) in [6, 6.07) is 0. The number of likely N-dealkylation sites (tertiary alicyclic amines) is 1. The monoisotopic (exact) mass is 461 g/mol. The van der Waals surface area contributed by atoms with Gasteiger partial charge >= 0.3 is 0 Å². The summed E-state index contributed by atoms with van der Waals surface area (Å²) in [5.74, 6) is 0. The quantitative estimate of drug-likeness (QED) is 0.459. The third-order valence-corrected chi connectivity index (χ3v) is 5.47. The van der Waals surface area contributed by atoms with Gasteiger partial charge in [-0.15, -0.1) is 24.0 Å². The fourth-order valence-corrected chi connectivity index (χ4v) is 4.17. The topological polar surface area (TPSA) is 28.1 Å². The Bertz CT molecular complexity index is 464. The first-order valence-electron chi connectivity index (χ1n) is 9.91. The highest BCUT2D eigenvalue weighted by Gasteiger charge is 2.29. The van der Waals surface area contributed by atoms with Gasteiger partial charge < -0.3 is 9.64 Å². The summed E-state index contributed by atoms with van der Waals surface area (Å²) in [6.07, 6.45) is 10.0. The van der Waals surface area contributed by atoms with Crippen LogP contribution in [0.25, 0.3) is 0 Å². The molecule has 4 nitrogen and oxygen atoms in total.